The van der Waals surface area contributed by atoms with Crippen LogP contribution in [0.3, 0.4) is 0 Å². The van der Waals surface area contributed by atoms with Gasteiger partial charge in [0.1, 0.15) is 0 Å². The highest BCUT2D eigenvalue weighted by atomic mass is 14.6. The monoisotopic (exact) mass is 220 g/mol. The smallest absolute Gasteiger partial charge is 0.0297 e. The van der Waals surface area contributed by atoms with Crippen LogP contribution in [-0.4, -0.2) is 0 Å². The molecule has 3 aliphatic rings. The molecular weight excluding hydrogens is 192 g/mol. The van der Waals surface area contributed by atoms with Crippen molar-refractivity contribution < 1.29 is 0 Å². The van der Waals surface area contributed by atoms with Crippen molar-refractivity contribution in [3.05, 3.63) is 0 Å². The molecule has 92 valence electrons. The zero-order chi connectivity index (χ0) is 11.3. The maximum absolute atomic E-state index is 2.54. The van der Waals surface area contributed by atoms with E-state index < -0.39 is 0 Å². The lowest BCUT2D eigenvalue weighted by Gasteiger charge is -2.43. The van der Waals surface area contributed by atoms with E-state index in [9.17, 15) is 0 Å². The number of fused-ring (bicyclic) bond motifs is 2. The minimum absolute atomic E-state index is 0.649. The fourth-order valence-electron chi connectivity index (χ4n) is 5.31. The maximum atomic E-state index is 2.54. The lowest BCUT2D eigenvalue weighted by atomic mass is 9.62. The summed E-state index contributed by atoms with van der Waals surface area (Å²) in [6, 6.07) is 0. The van der Waals surface area contributed by atoms with E-state index in [1.807, 2.05) is 0 Å². The number of rotatable bonds is 1. The van der Waals surface area contributed by atoms with Crippen LogP contribution in [0, 0.1) is 35.0 Å². The van der Waals surface area contributed by atoms with E-state index >= 15 is 0 Å². The lowest BCUT2D eigenvalue weighted by Crippen LogP contribution is -2.36. The van der Waals surface area contributed by atoms with E-state index in [4.69, 9.17) is 0 Å². The van der Waals surface area contributed by atoms with Gasteiger partial charge in [0.05, 0.1) is 0 Å². The topological polar surface area (TPSA) is 0 Å². The Kier molecular flexibility index (Phi) is 2.60. The molecule has 0 heteroatoms. The molecule has 0 radical (unpaired) electrons. The molecule has 0 aromatic rings. The molecule has 0 aliphatic heterocycles. The molecule has 0 saturated heterocycles. The Balaban J connectivity index is 1.72. The second-order valence-electron chi connectivity index (χ2n) is 7.50. The van der Waals surface area contributed by atoms with Gasteiger partial charge in [0.15, 0.2) is 0 Å². The minimum atomic E-state index is 0.649. The predicted molar refractivity (Wildman–Crippen MR) is 69.2 cm³/mol. The summed E-state index contributed by atoms with van der Waals surface area (Å²) in [6.45, 7) is 7.60. The van der Waals surface area contributed by atoms with Gasteiger partial charge in [-0.25, -0.2) is 0 Å². The van der Waals surface area contributed by atoms with Gasteiger partial charge in [0.25, 0.3) is 0 Å². The van der Waals surface area contributed by atoms with Gasteiger partial charge in [-0.3, -0.25) is 0 Å². The minimum Gasteiger partial charge on any atom is -0.0617 e. The molecule has 0 aromatic carbocycles. The van der Waals surface area contributed by atoms with Gasteiger partial charge in [-0.1, -0.05) is 52.9 Å². The van der Waals surface area contributed by atoms with Crippen molar-refractivity contribution in [1.82, 2.24) is 0 Å². The molecule has 0 spiro atoms. The van der Waals surface area contributed by atoms with Crippen LogP contribution < -0.4 is 0 Å². The van der Waals surface area contributed by atoms with Crippen molar-refractivity contribution in [1.29, 1.82) is 0 Å². The van der Waals surface area contributed by atoms with Crippen molar-refractivity contribution in [3.8, 4) is 0 Å². The van der Waals surface area contributed by atoms with Crippen LogP contribution in [0.25, 0.3) is 0 Å². The number of hydrogen-bond donors (Lipinski definition) is 0. The Morgan fingerprint density at radius 3 is 2.06 bits per heavy atom. The van der Waals surface area contributed by atoms with Gasteiger partial charge >= 0.3 is 0 Å². The third-order valence-corrected chi connectivity index (χ3v) is 6.79. The molecule has 0 N–H and O–H groups in total. The molecule has 0 amide bonds. The van der Waals surface area contributed by atoms with Crippen LogP contribution in [0.15, 0.2) is 0 Å². The highest BCUT2D eigenvalue weighted by Gasteiger charge is 2.56. The molecule has 0 heterocycles. The van der Waals surface area contributed by atoms with Crippen molar-refractivity contribution in [3.63, 3.8) is 0 Å². The average Bonchev–Trinajstić information content (AvgIpc) is 2.81. The van der Waals surface area contributed by atoms with Gasteiger partial charge in [-0.05, 0) is 47.8 Å². The van der Waals surface area contributed by atoms with E-state index in [1.165, 1.54) is 19.3 Å². The van der Waals surface area contributed by atoms with Crippen molar-refractivity contribution >= 4 is 0 Å². The van der Waals surface area contributed by atoms with E-state index in [-0.39, 0.29) is 0 Å². The van der Waals surface area contributed by atoms with Crippen LogP contribution in [0.5, 0.6) is 0 Å². The summed E-state index contributed by atoms with van der Waals surface area (Å²) < 4.78 is 0. The third kappa shape index (κ3) is 1.48. The molecule has 3 rings (SSSR count). The summed E-state index contributed by atoms with van der Waals surface area (Å²) in [7, 11) is 0. The molecule has 3 saturated carbocycles. The van der Waals surface area contributed by atoms with Crippen LogP contribution in [0.4, 0.5) is 0 Å². The Morgan fingerprint density at radius 2 is 1.50 bits per heavy atom. The first-order valence-corrected chi connectivity index (χ1v) is 7.60. The quantitative estimate of drug-likeness (QED) is 0.590. The van der Waals surface area contributed by atoms with Crippen LogP contribution in [-0.2, 0) is 0 Å². The van der Waals surface area contributed by atoms with Crippen molar-refractivity contribution in [2.24, 2.45) is 35.0 Å². The highest BCUT2D eigenvalue weighted by molar-refractivity contribution is 5.05. The molecule has 4 atom stereocenters. The summed E-state index contributed by atoms with van der Waals surface area (Å²) in [5.41, 5.74) is 0.649. The Bertz CT molecular complexity index is 255. The molecule has 0 unspecified atom stereocenters. The maximum Gasteiger partial charge on any atom is -0.0297 e. The predicted octanol–water partition coefficient (Wildman–Crippen LogP) is 4.89. The fraction of sp³-hybridized carbons (Fsp3) is 1.00. The van der Waals surface area contributed by atoms with E-state index in [0.717, 1.165) is 29.6 Å². The zero-order valence-corrected chi connectivity index (χ0v) is 11.3. The molecule has 16 heavy (non-hydrogen) atoms. The van der Waals surface area contributed by atoms with E-state index in [1.54, 1.807) is 25.7 Å². The second-order valence-corrected chi connectivity index (χ2v) is 7.50. The first-order chi connectivity index (χ1) is 7.60. The molecule has 3 aliphatic carbocycles. The SMILES string of the molecule is C[C@@H]1[C@@H]2C[C@@H](C[C@H]2C2CCCCC2)C1(C)C. The summed E-state index contributed by atoms with van der Waals surface area (Å²) in [5.74, 6) is 5.36. The van der Waals surface area contributed by atoms with Crippen LogP contribution >= 0.6 is 0 Å². The van der Waals surface area contributed by atoms with Crippen molar-refractivity contribution in [2.45, 2.75) is 65.7 Å². The lowest BCUT2D eigenvalue weighted by molar-refractivity contribution is 0.0577. The summed E-state index contributed by atoms with van der Waals surface area (Å²) in [6.07, 6.45) is 10.8. The average molecular weight is 220 g/mol. The second kappa shape index (κ2) is 3.75. The van der Waals surface area contributed by atoms with Crippen molar-refractivity contribution in [2.75, 3.05) is 0 Å². The van der Waals surface area contributed by atoms with Gasteiger partial charge in [0, 0.05) is 0 Å². The van der Waals surface area contributed by atoms with Gasteiger partial charge in [0.2, 0.25) is 0 Å². The first-order valence-electron chi connectivity index (χ1n) is 7.60. The Labute approximate surface area is 101 Å². The Hall–Kier alpha value is 0. The normalized spacial score (nSPS) is 47.4. The first kappa shape index (κ1) is 11.1. The molecule has 0 aromatic heterocycles. The standard InChI is InChI=1S/C16H28/c1-11-14-9-13(16(11,2)3)10-15(14)12-7-5-4-6-8-12/h11-15H,4-10H2,1-3H3/t11-,13+,14+,15+/m1/s1. The Morgan fingerprint density at radius 1 is 0.875 bits per heavy atom. The number of hydrogen-bond acceptors (Lipinski definition) is 0. The summed E-state index contributed by atoms with van der Waals surface area (Å²) in [4.78, 5) is 0. The van der Waals surface area contributed by atoms with Crippen LogP contribution in [0.2, 0.25) is 0 Å². The van der Waals surface area contributed by atoms with E-state index in [0.29, 0.717) is 5.41 Å². The van der Waals surface area contributed by atoms with Gasteiger partial charge in [-0.15, -0.1) is 0 Å². The molecule has 0 nitrogen and oxygen atoms in total. The molecule has 2 bridgehead atoms. The van der Waals surface area contributed by atoms with E-state index in [2.05, 4.69) is 20.8 Å². The molecular formula is C16H28. The molecule has 3 fully saturated rings. The summed E-state index contributed by atoms with van der Waals surface area (Å²) in [5, 5.41) is 0. The van der Waals surface area contributed by atoms with Gasteiger partial charge in [-0.2, -0.15) is 0 Å². The fourth-order valence-corrected chi connectivity index (χ4v) is 5.31. The highest BCUT2D eigenvalue weighted by Crippen LogP contribution is 2.63. The zero-order valence-electron chi connectivity index (χ0n) is 11.3. The van der Waals surface area contributed by atoms with Crippen LogP contribution in [0.1, 0.15) is 65.7 Å². The third-order valence-electron chi connectivity index (χ3n) is 6.79. The largest absolute Gasteiger partial charge is 0.0617 e. The van der Waals surface area contributed by atoms with Gasteiger partial charge < -0.3 is 0 Å². The summed E-state index contributed by atoms with van der Waals surface area (Å²) >= 11 is 0.